The van der Waals surface area contributed by atoms with Crippen LogP contribution in [0.2, 0.25) is 0 Å². The summed E-state index contributed by atoms with van der Waals surface area (Å²) in [5, 5.41) is 10.4. The van der Waals surface area contributed by atoms with Crippen LogP contribution < -0.4 is 5.32 Å². The highest BCUT2D eigenvalue weighted by atomic mass is 15.1. The van der Waals surface area contributed by atoms with Gasteiger partial charge in [0.15, 0.2) is 0 Å². The molecule has 14 heavy (non-hydrogen) atoms. The van der Waals surface area contributed by atoms with Gasteiger partial charge in [0.05, 0.1) is 17.6 Å². The summed E-state index contributed by atoms with van der Waals surface area (Å²) < 4.78 is 0. The number of pyridine rings is 1. The Morgan fingerprint density at radius 1 is 1.29 bits per heavy atom. The van der Waals surface area contributed by atoms with Gasteiger partial charge < -0.3 is 5.32 Å². The van der Waals surface area contributed by atoms with Crippen LogP contribution in [0.5, 0.6) is 0 Å². The molecule has 2 aromatic heterocycles. The molecular weight excluding hydrogens is 176 g/mol. The van der Waals surface area contributed by atoms with E-state index in [9.17, 15) is 0 Å². The molecule has 0 fully saturated rings. The smallest absolute Gasteiger partial charge is 0.0781 e. The van der Waals surface area contributed by atoms with Gasteiger partial charge in [-0.3, -0.25) is 10.1 Å². The molecule has 0 spiro atoms. The zero-order chi connectivity index (χ0) is 9.38. The van der Waals surface area contributed by atoms with Crippen molar-refractivity contribution >= 4 is 0 Å². The summed E-state index contributed by atoms with van der Waals surface area (Å²) in [6.07, 6.45) is 3.66. The second kappa shape index (κ2) is 2.92. The molecule has 4 nitrogen and oxygen atoms in total. The van der Waals surface area contributed by atoms with Gasteiger partial charge in [-0.05, 0) is 11.6 Å². The largest absolute Gasteiger partial charge is 0.307 e. The summed E-state index contributed by atoms with van der Waals surface area (Å²) in [7, 11) is 0. The molecule has 1 aliphatic heterocycles. The van der Waals surface area contributed by atoms with E-state index in [1.54, 1.807) is 0 Å². The summed E-state index contributed by atoms with van der Waals surface area (Å²) >= 11 is 0. The second-order valence-electron chi connectivity index (χ2n) is 3.38. The van der Waals surface area contributed by atoms with Crippen LogP contribution in [0.1, 0.15) is 11.3 Å². The maximum atomic E-state index is 4.39. The molecule has 0 radical (unpaired) electrons. The van der Waals surface area contributed by atoms with Crippen molar-refractivity contribution in [1.82, 2.24) is 20.5 Å². The summed E-state index contributed by atoms with van der Waals surface area (Å²) in [5.41, 5.74) is 4.50. The number of nitrogens with zero attached hydrogens (tertiary/aromatic N) is 2. The lowest BCUT2D eigenvalue weighted by molar-refractivity contribution is 0.686. The molecule has 3 rings (SSSR count). The number of H-pyrrole nitrogens is 1. The minimum absolute atomic E-state index is 0.825. The van der Waals surface area contributed by atoms with Crippen molar-refractivity contribution in [2.75, 3.05) is 0 Å². The molecule has 0 saturated heterocycles. The Bertz CT molecular complexity index is 461. The van der Waals surface area contributed by atoms with Gasteiger partial charge in [-0.1, -0.05) is 6.07 Å². The van der Waals surface area contributed by atoms with E-state index < -0.39 is 0 Å². The Morgan fingerprint density at radius 2 is 2.29 bits per heavy atom. The van der Waals surface area contributed by atoms with Crippen LogP contribution in [0.25, 0.3) is 11.3 Å². The van der Waals surface area contributed by atoms with Gasteiger partial charge in [-0.25, -0.2) is 0 Å². The third kappa shape index (κ3) is 1.04. The monoisotopic (exact) mass is 186 g/mol. The summed E-state index contributed by atoms with van der Waals surface area (Å²) in [4.78, 5) is 4.39. The maximum Gasteiger partial charge on any atom is 0.0781 e. The molecule has 4 heteroatoms. The first kappa shape index (κ1) is 7.70. The maximum absolute atomic E-state index is 4.39. The fourth-order valence-electron chi connectivity index (χ4n) is 1.80. The fraction of sp³-hybridized carbons (Fsp3) is 0.200. The van der Waals surface area contributed by atoms with Crippen LogP contribution >= 0.6 is 0 Å². The number of nitrogens with one attached hydrogen (secondary N) is 2. The van der Waals surface area contributed by atoms with Gasteiger partial charge in [-0.2, -0.15) is 5.10 Å². The second-order valence-corrected chi connectivity index (χ2v) is 3.38. The van der Waals surface area contributed by atoms with Crippen molar-refractivity contribution in [2.45, 2.75) is 13.1 Å². The molecule has 3 heterocycles. The molecule has 2 aromatic rings. The highest BCUT2D eigenvalue weighted by molar-refractivity contribution is 5.65. The van der Waals surface area contributed by atoms with Crippen molar-refractivity contribution in [3.05, 3.63) is 35.8 Å². The number of aromatic nitrogens is 3. The minimum atomic E-state index is 0.825. The Labute approximate surface area is 81.4 Å². The van der Waals surface area contributed by atoms with Crippen LogP contribution in [0.3, 0.4) is 0 Å². The fourth-order valence-corrected chi connectivity index (χ4v) is 1.80. The van der Waals surface area contributed by atoms with Crippen molar-refractivity contribution in [3.63, 3.8) is 0 Å². The molecule has 2 N–H and O–H groups in total. The van der Waals surface area contributed by atoms with Gasteiger partial charge in [0, 0.05) is 24.8 Å². The number of hydrogen-bond donors (Lipinski definition) is 2. The molecule has 0 bridgehead atoms. The van der Waals surface area contributed by atoms with Crippen LogP contribution in [0.4, 0.5) is 0 Å². The topological polar surface area (TPSA) is 53.6 Å². The van der Waals surface area contributed by atoms with Crippen LogP contribution in [-0.2, 0) is 13.1 Å². The van der Waals surface area contributed by atoms with E-state index >= 15 is 0 Å². The van der Waals surface area contributed by atoms with E-state index in [2.05, 4.69) is 26.6 Å². The van der Waals surface area contributed by atoms with Crippen molar-refractivity contribution < 1.29 is 0 Å². The highest BCUT2D eigenvalue weighted by Gasteiger charge is 2.15. The zero-order valence-corrected chi connectivity index (χ0v) is 7.62. The Hall–Kier alpha value is -1.68. The number of hydrogen-bond acceptors (Lipinski definition) is 3. The molecule has 0 unspecified atom stereocenters. The van der Waals surface area contributed by atoms with E-state index in [1.807, 2.05) is 18.5 Å². The Balaban J connectivity index is 2.27. The Kier molecular flexibility index (Phi) is 1.61. The highest BCUT2D eigenvalue weighted by Crippen LogP contribution is 2.25. The molecule has 0 saturated carbocycles. The Morgan fingerprint density at radius 3 is 3.29 bits per heavy atom. The summed E-state index contributed by atoms with van der Waals surface area (Å²) in [6, 6.07) is 4.06. The van der Waals surface area contributed by atoms with Gasteiger partial charge in [0.1, 0.15) is 0 Å². The first-order chi connectivity index (χ1) is 6.95. The van der Waals surface area contributed by atoms with Crippen LogP contribution in [-0.4, -0.2) is 15.2 Å². The lowest BCUT2D eigenvalue weighted by Crippen LogP contribution is -2.11. The van der Waals surface area contributed by atoms with Crippen molar-refractivity contribution in [2.24, 2.45) is 0 Å². The molecule has 0 aliphatic carbocycles. The van der Waals surface area contributed by atoms with E-state index in [0.717, 1.165) is 30.0 Å². The first-order valence-electron chi connectivity index (χ1n) is 4.62. The van der Waals surface area contributed by atoms with Gasteiger partial charge in [0.2, 0.25) is 0 Å². The minimum Gasteiger partial charge on any atom is -0.307 e. The first-order valence-corrected chi connectivity index (χ1v) is 4.62. The molecule has 1 aliphatic rings. The molecule has 0 aromatic carbocycles. The molecule has 70 valence electrons. The van der Waals surface area contributed by atoms with E-state index in [-0.39, 0.29) is 0 Å². The molecular formula is C10H10N4. The van der Waals surface area contributed by atoms with E-state index in [0.29, 0.717) is 0 Å². The number of fused-ring (bicyclic) bond motifs is 3. The SMILES string of the molecule is c1cnc2c(c1)CNCc1[nH]ncc1-2. The van der Waals surface area contributed by atoms with Crippen LogP contribution in [0, 0.1) is 0 Å². The molecule has 0 amide bonds. The number of rotatable bonds is 0. The number of aromatic amines is 1. The van der Waals surface area contributed by atoms with E-state index in [4.69, 9.17) is 0 Å². The predicted molar refractivity (Wildman–Crippen MR) is 52.4 cm³/mol. The van der Waals surface area contributed by atoms with Crippen molar-refractivity contribution in [1.29, 1.82) is 0 Å². The van der Waals surface area contributed by atoms with Gasteiger partial charge in [-0.15, -0.1) is 0 Å². The van der Waals surface area contributed by atoms with E-state index in [1.165, 1.54) is 5.56 Å². The quantitative estimate of drug-likeness (QED) is 0.647. The van der Waals surface area contributed by atoms with Gasteiger partial charge in [0.25, 0.3) is 0 Å². The van der Waals surface area contributed by atoms with Crippen molar-refractivity contribution in [3.8, 4) is 11.3 Å². The summed E-state index contributed by atoms with van der Waals surface area (Å²) in [6.45, 7) is 1.69. The predicted octanol–water partition coefficient (Wildman–Crippen LogP) is 1.07. The van der Waals surface area contributed by atoms with Crippen LogP contribution in [0.15, 0.2) is 24.5 Å². The third-order valence-corrected chi connectivity index (χ3v) is 2.48. The average Bonchev–Trinajstić information content (AvgIpc) is 2.61. The van der Waals surface area contributed by atoms with Gasteiger partial charge >= 0.3 is 0 Å². The lowest BCUT2D eigenvalue weighted by atomic mass is 10.1. The average molecular weight is 186 g/mol. The normalized spacial score (nSPS) is 14.3. The molecule has 0 atom stereocenters. The lowest BCUT2D eigenvalue weighted by Gasteiger charge is -2.02. The summed E-state index contributed by atoms with van der Waals surface area (Å²) in [5.74, 6) is 0. The zero-order valence-electron chi connectivity index (χ0n) is 7.62. The standard InChI is InChI=1S/C10H10N4/c1-2-7-4-11-6-9-8(5-13-14-9)10(7)12-3-1/h1-3,5,11H,4,6H2,(H,13,14). The third-order valence-electron chi connectivity index (χ3n) is 2.48.